The number of rotatable bonds is 8. The van der Waals surface area contributed by atoms with Crippen LogP contribution in [0.15, 0.2) is 0 Å². The molecule has 0 heterocycles. The summed E-state index contributed by atoms with van der Waals surface area (Å²) in [6, 6.07) is 0. The Morgan fingerprint density at radius 3 is 1.73 bits per heavy atom. The van der Waals surface area contributed by atoms with Crippen molar-refractivity contribution in [1.82, 2.24) is 0 Å². The van der Waals surface area contributed by atoms with Crippen LogP contribution in [0, 0.1) is 23.7 Å². The second kappa shape index (κ2) is 8.19. The Kier molecular flexibility index (Phi) is 8.19. The summed E-state index contributed by atoms with van der Waals surface area (Å²) in [5, 5.41) is 0. The van der Waals surface area contributed by atoms with Crippen molar-refractivity contribution in [2.24, 2.45) is 23.7 Å². The van der Waals surface area contributed by atoms with Gasteiger partial charge in [-0.25, -0.2) is 0 Å². The second-order valence-electron chi connectivity index (χ2n) is 5.78. The summed E-state index contributed by atoms with van der Waals surface area (Å²) >= 11 is 0. The molecular weight excluding hydrogens is 180 g/mol. The zero-order valence-corrected chi connectivity index (χ0v) is 11.8. The van der Waals surface area contributed by atoms with E-state index in [2.05, 4.69) is 41.5 Å². The minimum atomic E-state index is 0.843. The van der Waals surface area contributed by atoms with Gasteiger partial charge in [0.1, 0.15) is 0 Å². The van der Waals surface area contributed by atoms with Crippen LogP contribution in [0.25, 0.3) is 0 Å². The van der Waals surface area contributed by atoms with Gasteiger partial charge in [-0.2, -0.15) is 0 Å². The Labute approximate surface area is 97.8 Å². The molecule has 0 bridgehead atoms. The molecule has 0 saturated heterocycles. The first kappa shape index (κ1) is 15.0. The van der Waals surface area contributed by atoms with Crippen LogP contribution < -0.4 is 0 Å². The molecular formula is C15H32. The van der Waals surface area contributed by atoms with Crippen molar-refractivity contribution >= 4 is 0 Å². The lowest BCUT2D eigenvalue weighted by Crippen LogP contribution is -2.19. The van der Waals surface area contributed by atoms with Crippen molar-refractivity contribution in [2.45, 2.75) is 73.6 Å². The highest BCUT2D eigenvalue weighted by atomic mass is 14.3. The third-order valence-electron chi connectivity index (χ3n) is 3.94. The first-order chi connectivity index (χ1) is 7.02. The van der Waals surface area contributed by atoms with Crippen molar-refractivity contribution in [3.63, 3.8) is 0 Å². The maximum atomic E-state index is 2.45. The summed E-state index contributed by atoms with van der Waals surface area (Å²) < 4.78 is 0. The third kappa shape index (κ3) is 6.22. The predicted octanol–water partition coefficient (Wildman–Crippen LogP) is 5.52. The highest BCUT2D eigenvalue weighted by Gasteiger charge is 2.21. The monoisotopic (exact) mass is 212 g/mol. The van der Waals surface area contributed by atoms with Gasteiger partial charge in [-0.15, -0.1) is 0 Å². The molecule has 92 valence electrons. The summed E-state index contributed by atoms with van der Waals surface area (Å²) in [6.07, 6.45) is 6.97. The number of hydrogen-bond donors (Lipinski definition) is 0. The average molecular weight is 212 g/mol. The molecule has 0 aromatic rings. The molecule has 0 N–H and O–H groups in total. The Balaban J connectivity index is 4.13. The lowest BCUT2D eigenvalue weighted by Gasteiger charge is -2.29. The van der Waals surface area contributed by atoms with Crippen molar-refractivity contribution in [2.75, 3.05) is 0 Å². The van der Waals surface area contributed by atoms with Gasteiger partial charge in [-0.05, 0) is 30.1 Å². The van der Waals surface area contributed by atoms with Crippen LogP contribution in [0.1, 0.15) is 73.6 Å². The van der Waals surface area contributed by atoms with E-state index in [0.717, 1.165) is 23.7 Å². The molecule has 0 radical (unpaired) electrons. The maximum Gasteiger partial charge on any atom is -0.0384 e. The lowest BCUT2D eigenvalue weighted by atomic mass is 9.77. The molecule has 0 aromatic carbocycles. The topological polar surface area (TPSA) is 0 Å². The smallest absolute Gasteiger partial charge is 0.0384 e. The van der Waals surface area contributed by atoms with Gasteiger partial charge in [-0.1, -0.05) is 67.2 Å². The Morgan fingerprint density at radius 2 is 1.33 bits per heavy atom. The Morgan fingerprint density at radius 1 is 0.800 bits per heavy atom. The lowest BCUT2D eigenvalue weighted by molar-refractivity contribution is 0.216. The third-order valence-corrected chi connectivity index (χ3v) is 3.94. The van der Waals surface area contributed by atoms with Gasteiger partial charge in [0, 0.05) is 0 Å². The molecule has 0 nitrogen and oxygen atoms in total. The van der Waals surface area contributed by atoms with Gasteiger partial charge in [0.05, 0.1) is 0 Å². The van der Waals surface area contributed by atoms with Gasteiger partial charge in [0.25, 0.3) is 0 Å². The van der Waals surface area contributed by atoms with Crippen molar-refractivity contribution in [3.05, 3.63) is 0 Å². The van der Waals surface area contributed by atoms with E-state index in [4.69, 9.17) is 0 Å². The van der Waals surface area contributed by atoms with E-state index < -0.39 is 0 Å². The van der Waals surface area contributed by atoms with E-state index in [0.29, 0.717) is 0 Å². The molecule has 0 fully saturated rings. The summed E-state index contributed by atoms with van der Waals surface area (Å²) in [5.74, 6) is 3.61. The van der Waals surface area contributed by atoms with Gasteiger partial charge in [0.2, 0.25) is 0 Å². The van der Waals surface area contributed by atoms with Crippen LogP contribution in [-0.4, -0.2) is 0 Å². The van der Waals surface area contributed by atoms with E-state index in [1.165, 1.54) is 32.1 Å². The molecule has 0 saturated carbocycles. The van der Waals surface area contributed by atoms with Crippen molar-refractivity contribution < 1.29 is 0 Å². The highest BCUT2D eigenvalue weighted by molar-refractivity contribution is 4.71. The fraction of sp³-hybridized carbons (Fsp3) is 1.00. The molecule has 0 heteroatoms. The predicted molar refractivity (Wildman–Crippen MR) is 71.1 cm³/mol. The van der Waals surface area contributed by atoms with E-state index in [1.54, 1.807) is 0 Å². The highest BCUT2D eigenvalue weighted by Crippen LogP contribution is 2.31. The number of hydrogen-bond acceptors (Lipinski definition) is 0. The molecule has 0 rings (SSSR count). The maximum absolute atomic E-state index is 2.45. The second-order valence-corrected chi connectivity index (χ2v) is 5.78. The first-order valence-electron chi connectivity index (χ1n) is 7.02. The minimum Gasteiger partial charge on any atom is -0.0654 e. The van der Waals surface area contributed by atoms with Gasteiger partial charge < -0.3 is 0 Å². The summed E-state index contributed by atoms with van der Waals surface area (Å²) in [5.41, 5.74) is 0. The summed E-state index contributed by atoms with van der Waals surface area (Å²) in [6.45, 7) is 14.3. The average Bonchev–Trinajstić information content (AvgIpc) is 2.16. The van der Waals surface area contributed by atoms with Crippen LogP contribution in [0.2, 0.25) is 0 Å². The van der Waals surface area contributed by atoms with Crippen LogP contribution in [0.4, 0.5) is 0 Å². The summed E-state index contributed by atoms with van der Waals surface area (Å²) in [7, 11) is 0. The van der Waals surface area contributed by atoms with Crippen LogP contribution in [0.5, 0.6) is 0 Å². The molecule has 0 spiro atoms. The van der Waals surface area contributed by atoms with E-state index in [9.17, 15) is 0 Å². The van der Waals surface area contributed by atoms with Gasteiger partial charge >= 0.3 is 0 Å². The fourth-order valence-electron chi connectivity index (χ4n) is 2.64. The quantitative estimate of drug-likeness (QED) is 0.497. The largest absolute Gasteiger partial charge is 0.0654 e. The summed E-state index contributed by atoms with van der Waals surface area (Å²) in [4.78, 5) is 0. The normalized spacial score (nSPS) is 17.8. The zero-order valence-electron chi connectivity index (χ0n) is 11.8. The van der Waals surface area contributed by atoms with Gasteiger partial charge in [-0.3, -0.25) is 0 Å². The Bertz CT molecular complexity index is 137. The van der Waals surface area contributed by atoms with Crippen molar-refractivity contribution in [3.8, 4) is 0 Å². The fourth-order valence-corrected chi connectivity index (χ4v) is 2.64. The standard InChI is InChI=1S/C15H32/c1-7-9-13(5)11-15(10-8-2)14(6)12(3)4/h12-15H,7-11H2,1-6H3. The minimum absolute atomic E-state index is 0.843. The molecule has 0 amide bonds. The van der Waals surface area contributed by atoms with Crippen molar-refractivity contribution in [1.29, 1.82) is 0 Å². The van der Waals surface area contributed by atoms with Crippen LogP contribution in [-0.2, 0) is 0 Å². The SMILES string of the molecule is CCCC(C)CC(CCC)C(C)C(C)C. The molecule has 0 aliphatic rings. The van der Waals surface area contributed by atoms with E-state index in [1.807, 2.05) is 0 Å². The van der Waals surface area contributed by atoms with E-state index >= 15 is 0 Å². The Hall–Kier alpha value is 0. The van der Waals surface area contributed by atoms with Crippen LogP contribution in [0.3, 0.4) is 0 Å². The molecule has 3 unspecified atom stereocenters. The molecule has 0 aromatic heterocycles. The first-order valence-corrected chi connectivity index (χ1v) is 7.02. The molecule has 3 atom stereocenters. The molecule has 0 aliphatic heterocycles. The van der Waals surface area contributed by atoms with E-state index in [-0.39, 0.29) is 0 Å². The van der Waals surface area contributed by atoms with Gasteiger partial charge in [0.15, 0.2) is 0 Å². The molecule has 15 heavy (non-hydrogen) atoms. The molecule has 0 aliphatic carbocycles. The van der Waals surface area contributed by atoms with Crippen LogP contribution >= 0.6 is 0 Å². The zero-order chi connectivity index (χ0) is 11.8.